The molecule has 1 unspecified atom stereocenters. The third-order valence-corrected chi connectivity index (χ3v) is 5.07. The zero-order valence-corrected chi connectivity index (χ0v) is 12.7. The fourth-order valence-corrected chi connectivity index (χ4v) is 3.96. The van der Waals surface area contributed by atoms with Crippen LogP contribution >= 0.6 is 0 Å². The molecule has 5 heteroatoms. The monoisotopic (exact) mass is 304 g/mol. The van der Waals surface area contributed by atoms with Gasteiger partial charge in [-0.05, 0) is 37.8 Å². The zero-order chi connectivity index (χ0) is 14.9. The van der Waals surface area contributed by atoms with Crippen LogP contribution in [-0.4, -0.2) is 15.0 Å². The summed E-state index contributed by atoms with van der Waals surface area (Å²) in [6.45, 7) is 0.911. The van der Waals surface area contributed by atoms with Gasteiger partial charge in [0.2, 0.25) is 10.0 Å². The molecule has 2 aliphatic rings. The lowest BCUT2D eigenvalue weighted by molar-refractivity contribution is 0.595. The molecule has 0 saturated heterocycles. The standard InChI is InChI=1S/C16H20N2O2S/c17-21(19,20)15-10-6-9-14(18-11-4-1-5-12-18)16(15)13-7-2-3-8-13/h2,4,6-7,9-11,13H,1,3,5,8,12H2,(H2,17,19,20). The molecule has 1 atom stereocenters. The van der Waals surface area contributed by atoms with Gasteiger partial charge in [0.05, 0.1) is 4.90 Å². The highest BCUT2D eigenvalue weighted by Crippen LogP contribution is 2.39. The summed E-state index contributed by atoms with van der Waals surface area (Å²) >= 11 is 0. The molecule has 0 bridgehead atoms. The minimum atomic E-state index is -3.72. The number of anilines is 1. The van der Waals surface area contributed by atoms with Crippen molar-refractivity contribution in [2.45, 2.75) is 36.5 Å². The van der Waals surface area contributed by atoms with E-state index in [0.29, 0.717) is 0 Å². The molecule has 2 N–H and O–H groups in total. The number of benzene rings is 1. The second kappa shape index (κ2) is 5.66. The molecule has 0 aromatic heterocycles. The van der Waals surface area contributed by atoms with Crippen molar-refractivity contribution in [3.8, 4) is 0 Å². The molecule has 0 saturated carbocycles. The summed E-state index contributed by atoms with van der Waals surface area (Å²) in [5.74, 6) is 0.129. The van der Waals surface area contributed by atoms with Crippen LogP contribution in [0.1, 0.15) is 37.2 Å². The second-order valence-electron chi connectivity index (χ2n) is 5.57. The van der Waals surface area contributed by atoms with Crippen molar-refractivity contribution >= 4 is 15.7 Å². The van der Waals surface area contributed by atoms with Gasteiger partial charge in [0.25, 0.3) is 0 Å². The maximum atomic E-state index is 12.0. The van der Waals surface area contributed by atoms with Gasteiger partial charge in [-0.3, -0.25) is 0 Å². The molecule has 0 spiro atoms. The number of hydrogen-bond donors (Lipinski definition) is 1. The second-order valence-corrected chi connectivity index (χ2v) is 7.10. The van der Waals surface area contributed by atoms with Crippen molar-refractivity contribution in [3.63, 3.8) is 0 Å². The molecule has 1 aromatic carbocycles. The number of sulfonamides is 1. The Morgan fingerprint density at radius 2 is 2.05 bits per heavy atom. The maximum Gasteiger partial charge on any atom is 0.238 e. The van der Waals surface area contributed by atoms with Crippen LogP contribution in [0, 0.1) is 0 Å². The van der Waals surface area contributed by atoms with Crippen LogP contribution < -0.4 is 10.0 Å². The molecule has 112 valence electrons. The number of nitrogens with two attached hydrogens (primary N) is 1. The number of primary sulfonamides is 1. The lowest BCUT2D eigenvalue weighted by Gasteiger charge is -2.28. The Morgan fingerprint density at radius 1 is 1.19 bits per heavy atom. The minimum absolute atomic E-state index is 0.129. The van der Waals surface area contributed by atoms with Crippen LogP contribution in [0.5, 0.6) is 0 Å². The SMILES string of the molecule is NS(=O)(=O)c1cccc(N2C=CCCC2)c1C1C=CCC1. The smallest absolute Gasteiger partial charge is 0.238 e. The van der Waals surface area contributed by atoms with Crippen molar-refractivity contribution in [1.82, 2.24) is 0 Å². The van der Waals surface area contributed by atoms with E-state index >= 15 is 0 Å². The predicted molar refractivity (Wildman–Crippen MR) is 84.7 cm³/mol. The van der Waals surface area contributed by atoms with Gasteiger partial charge < -0.3 is 4.90 Å². The molecule has 21 heavy (non-hydrogen) atoms. The molecular weight excluding hydrogens is 284 g/mol. The minimum Gasteiger partial charge on any atom is -0.348 e. The molecule has 0 amide bonds. The molecule has 1 heterocycles. The van der Waals surface area contributed by atoms with Gasteiger partial charge in [0, 0.05) is 29.9 Å². The van der Waals surface area contributed by atoms with E-state index in [1.54, 1.807) is 12.1 Å². The molecule has 4 nitrogen and oxygen atoms in total. The van der Waals surface area contributed by atoms with E-state index in [1.165, 1.54) is 0 Å². The maximum absolute atomic E-state index is 12.0. The molecular formula is C16H20N2O2S. The Hall–Kier alpha value is -1.59. The predicted octanol–water partition coefficient (Wildman–Crippen LogP) is 2.88. The molecule has 0 radical (unpaired) electrons. The lowest BCUT2D eigenvalue weighted by Crippen LogP contribution is -2.24. The van der Waals surface area contributed by atoms with Crippen LogP contribution in [0.15, 0.2) is 47.5 Å². The van der Waals surface area contributed by atoms with E-state index in [2.05, 4.69) is 23.1 Å². The third-order valence-electron chi connectivity index (χ3n) is 4.10. The Labute approximate surface area is 126 Å². The van der Waals surface area contributed by atoms with E-state index in [1.807, 2.05) is 12.3 Å². The topological polar surface area (TPSA) is 63.4 Å². The summed E-state index contributed by atoms with van der Waals surface area (Å²) in [5, 5.41) is 5.44. The van der Waals surface area contributed by atoms with E-state index in [4.69, 9.17) is 5.14 Å². The first-order valence-corrected chi connectivity index (χ1v) is 8.87. The van der Waals surface area contributed by atoms with Gasteiger partial charge in [-0.2, -0.15) is 0 Å². The fourth-order valence-electron chi connectivity index (χ4n) is 3.13. The van der Waals surface area contributed by atoms with Crippen LogP contribution in [-0.2, 0) is 10.0 Å². The van der Waals surface area contributed by atoms with Crippen molar-refractivity contribution in [2.75, 3.05) is 11.4 Å². The highest BCUT2D eigenvalue weighted by Gasteiger charge is 2.26. The number of rotatable bonds is 3. The lowest BCUT2D eigenvalue weighted by atomic mass is 9.95. The normalized spacial score (nSPS) is 22.0. The van der Waals surface area contributed by atoms with Crippen molar-refractivity contribution in [2.24, 2.45) is 5.14 Å². The average molecular weight is 304 g/mol. The number of hydrogen-bond acceptors (Lipinski definition) is 3. The first kappa shape index (κ1) is 14.4. The summed E-state index contributed by atoms with van der Waals surface area (Å²) in [4.78, 5) is 2.40. The first-order valence-electron chi connectivity index (χ1n) is 7.33. The van der Waals surface area contributed by atoms with Gasteiger partial charge in [0.15, 0.2) is 0 Å². The molecule has 3 rings (SSSR count). The highest BCUT2D eigenvalue weighted by atomic mass is 32.2. The number of nitrogens with zero attached hydrogens (tertiary/aromatic N) is 1. The van der Waals surface area contributed by atoms with Crippen LogP contribution in [0.25, 0.3) is 0 Å². The van der Waals surface area contributed by atoms with Crippen molar-refractivity contribution in [3.05, 3.63) is 48.2 Å². The van der Waals surface area contributed by atoms with Gasteiger partial charge >= 0.3 is 0 Å². The van der Waals surface area contributed by atoms with E-state index in [9.17, 15) is 8.42 Å². The summed E-state index contributed by atoms with van der Waals surface area (Å²) in [6, 6.07) is 5.39. The molecule has 1 aliphatic carbocycles. The van der Waals surface area contributed by atoms with E-state index in [0.717, 1.165) is 43.5 Å². The van der Waals surface area contributed by atoms with Crippen LogP contribution in [0.2, 0.25) is 0 Å². The van der Waals surface area contributed by atoms with E-state index < -0.39 is 10.0 Å². The van der Waals surface area contributed by atoms with Crippen LogP contribution in [0.4, 0.5) is 5.69 Å². The van der Waals surface area contributed by atoms with Crippen molar-refractivity contribution < 1.29 is 8.42 Å². The number of allylic oxidation sites excluding steroid dienone is 3. The Morgan fingerprint density at radius 3 is 2.67 bits per heavy atom. The summed E-state index contributed by atoms with van der Waals surface area (Å²) in [6.07, 6.45) is 12.5. The average Bonchev–Trinajstić information content (AvgIpc) is 3.00. The van der Waals surface area contributed by atoms with Crippen molar-refractivity contribution in [1.29, 1.82) is 0 Å². The quantitative estimate of drug-likeness (QED) is 0.873. The molecule has 1 aromatic rings. The summed E-state index contributed by atoms with van der Waals surface area (Å²) in [7, 11) is -3.72. The molecule has 0 fully saturated rings. The summed E-state index contributed by atoms with van der Waals surface area (Å²) < 4.78 is 23.9. The Bertz CT molecular complexity index is 692. The molecule has 1 aliphatic heterocycles. The summed E-state index contributed by atoms with van der Waals surface area (Å²) in [5.41, 5.74) is 1.81. The van der Waals surface area contributed by atoms with Gasteiger partial charge in [0.1, 0.15) is 0 Å². The van der Waals surface area contributed by atoms with Gasteiger partial charge in [-0.15, -0.1) is 0 Å². The first-order chi connectivity index (χ1) is 10.1. The van der Waals surface area contributed by atoms with Gasteiger partial charge in [-0.1, -0.05) is 24.3 Å². The zero-order valence-electron chi connectivity index (χ0n) is 11.9. The highest BCUT2D eigenvalue weighted by molar-refractivity contribution is 7.89. The van der Waals surface area contributed by atoms with E-state index in [-0.39, 0.29) is 10.8 Å². The largest absolute Gasteiger partial charge is 0.348 e. The third kappa shape index (κ3) is 2.89. The van der Waals surface area contributed by atoms with Crippen LogP contribution in [0.3, 0.4) is 0 Å². The fraction of sp³-hybridized carbons (Fsp3) is 0.375. The van der Waals surface area contributed by atoms with Gasteiger partial charge in [-0.25, -0.2) is 13.6 Å². The Kier molecular flexibility index (Phi) is 3.87. The Balaban J connectivity index is 2.16.